The lowest BCUT2D eigenvalue weighted by atomic mass is 9.97. The zero-order valence-electron chi connectivity index (χ0n) is 10.6. The van der Waals surface area contributed by atoms with Crippen molar-refractivity contribution in [2.24, 2.45) is 0 Å². The Morgan fingerprint density at radius 2 is 1.67 bits per heavy atom. The molecule has 0 N–H and O–H groups in total. The molecule has 1 heteroatoms. The van der Waals surface area contributed by atoms with Gasteiger partial charge in [0.15, 0.2) is 0 Å². The van der Waals surface area contributed by atoms with E-state index in [2.05, 4.69) is 61.3 Å². The fourth-order valence-electron chi connectivity index (χ4n) is 2.53. The van der Waals surface area contributed by atoms with Crippen molar-refractivity contribution in [2.45, 2.75) is 13.8 Å². The van der Waals surface area contributed by atoms with Gasteiger partial charge in [-0.1, -0.05) is 36.4 Å². The molecule has 0 aliphatic heterocycles. The van der Waals surface area contributed by atoms with E-state index in [9.17, 15) is 0 Å². The Morgan fingerprint density at radius 1 is 0.889 bits per heavy atom. The molecular formula is C17H15N. The highest BCUT2D eigenvalue weighted by Crippen LogP contribution is 2.30. The van der Waals surface area contributed by atoms with Gasteiger partial charge in [0.05, 0.1) is 5.52 Å². The summed E-state index contributed by atoms with van der Waals surface area (Å²) in [6.45, 7) is 4.27. The normalized spacial score (nSPS) is 10.8. The minimum Gasteiger partial charge on any atom is -0.256 e. The van der Waals surface area contributed by atoms with Crippen molar-refractivity contribution in [1.29, 1.82) is 0 Å². The highest BCUT2D eigenvalue weighted by atomic mass is 14.6. The number of benzene rings is 2. The first kappa shape index (κ1) is 11.0. The van der Waals surface area contributed by atoms with Gasteiger partial charge in [0.1, 0.15) is 0 Å². The number of pyridine rings is 1. The van der Waals surface area contributed by atoms with Gasteiger partial charge in [0.2, 0.25) is 0 Å². The summed E-state index contributed by atoms with van der Waals surface area (Å²) in [6.07, 6.45) is 1.89. The lowest BCUT2D eigenvalue weighted by Crippen LogP contribution is -1.88. The van der Waals surface area contributed by atoms with E-state index in [1.807, 2.05) is 12.3 Å². The standard InChI is InChI=1S/C17H15N/c1-12-10-13(2)17-15(8-9-18-16(17)11-12)14-6-4-3-5-7-14/h3-11H,1-2H3. The Kier molecular flexibility index (Phi) is 2.60. The van der Waals surface area contributed by atoms with Gasteiger partial charge in [0, 0.05) is 11.6 Å². The lowest BCUT2D eigenvalue weighted by Gasteiger charge is -2.10. The minimum absolute atomic E-state index is 1.08. The maximum Gasteiger partial charge on any atom is 0.0713 e. The average molecular weight is 233 g/mol. The van der Waals surface area contributed by atoms with E-state index in [1.165, 1.54) is 27.6 Å². The molecule has 0 fully saturated rings. The summed E-state index contributed by atoms with van der Waals surface area (Å²) in [7, 11) is 0. The number of aromatic nitrogens is 1. The summed E-state index contributed by atoms with van der Waals surface area (Å²) >= 11 is 0. The summed E-state index contributed by atoms with van der Waals surface area (Å²) < 4.78 is 0. The zero-order valence-corrected chi connectivity index (χ0v) is 10.6. The average Bonchev–Trinajstić information content (AvgIpc) is 2.38. The van der Waals surface area contributed by atoms with Gasteiger partial charge >= 0.3 is 0 Å². The van der Waals surface area contributed by atoms with Crippen molar-refractivity contribution in [3.63, 3.8) is 0 Å². The molecule has 0 bridgehead atoms. The van der Waals surface area contributed by atoms with E-state index in [0.717, 1.165) is 5.52 Å². The molecule has 0 aliphatic carbocycles. The molecule has 0 unspecified atom stereocenters. The van der Waals surface area contributed by atoms with Gasteiger partial charge in [-0.2, -0.15) is 0 Å². The predicted molar refractivity (Wildman–Crippen MR) is 76.7 cm³/mol. The first-order chi connectivity index (χ1) is 8.75. The van der Waals surface area contributed by atoms with E-state index in [4.69, 9.17) is 0 Å². The second-order valence-electron chi connectivity index (χ2n) is 4.70. The van der Waals surface area contributed by atoms with Gasteiger partial charge in [-0.05, 0) is 48.2 Å². The molecule has 0 saturated carbocycles. The van der Waals surface area contributed by atoms with Gasteiger partial charge in [-0.15, -0.1) is 0 Å². The van der Waals surface area contributed by atoms with Crippen LogP contribution in [0.4, 0.5) is 0 Å². The Balaban J connectivity index is 2.37. The molecule has 18 heavy (non-hydrogen) atoms. The van der Waals surface area contributed by atoms with Crippen LogP contribution in [0.3, 0.4) is 0 Å². The highest BCUT2D eigenvalue weighted by molar-refractivity contribution is 5.96. The van der Waals surface area contributed by atoms with Gasteiger partial charge < -0.3 is 0 Å². The number of hydrogen-bond donors (Lipinski definition) is 0. The molecule has 88 valence electrons. The maximum absolute atomic E-state index is 4.49. The van der Waals surface area contributed by atoms with E-state index >= 15 is 0 Å². The molecule has 0 amide bonds. The summed E-state index contributed by atoms with van der Waals surface area (Å²) in [5.74, 6) is 0. The number of hydrogen-bond acceptors (Lipinski definition) is 1. The third-order valence-electron chi connectivity index (χ3n) is 3.27. The number of nitrogens with zero attached hydrogens (tertiary/aromatic N) is 1. The monoisotopic (exact) mass is 233 g/mol. The fraction of sp³-hybridized carbons (Fsp3) is 0.118. The Hall–Kier alpha value is -2.15. The Labute approximate surface area is 107 Å². The van der Waals surface area contributed by atoms with Crippen molar-refractivity contribution in [3.05, 3.63) is 65.9 Å². The van der Waals surface area contributed by atoms with Crippen molar-refractivity contribution < 1.29 is 0 Å². The van der Waals surface area contributed by atoms with Gasteiger partial charge in [-0.3, -0.25) is 4.98 Å². The van der Waals surface area contributed by atoms with Crippen LogP contribution >= 0.6 is 0 Å². The number of rotatable bonds is 1. The first-order valence-electron chi connectivity index (χ1n) is 6.17. The summed E-state index contributed by atoms with van der Waals surface area (Å²) in [6, 6.07) is 17.0. The Morgan fingerprint density at radius 3 is 2.44 bits per heavy atom. The molecule has 3 aromatic rings. The maximum atomic E-state index is 4.49. The van der Waals surface area contributed by atoms with Crippen LogP contribution in [-0.4, -0.2) is 4.98 Å². The van der Waals surface area contributed by atoms with Crippen LogP contribution < -0.4 is 0 Å². The van der Waals surface area contributed by atoms with Crippen LogP contribution in [0.2, 0.25) is 0 Å². The van der Waals surface area contributed by atoms with Crippen LogP contribution in [-0.2, 0) is 0 Å². The molecule has 0 atom stereocenters. The molecule has 0 radical (unpaired) electrons. The Bertz CT molecular complexity index is 699. The van der Waals surface area contributed by atoms with Crippen molar-refractivity contribution in [3.8, 4) is 11.1 Å². The SMILES string of the molecule is Cc1cc(C)c2c(-c3ccccc3)ccnc2c1. The summed E-state index contributed by atoms with van der Waals surface area (Å²) in [4.78, 5) is 4.49. The molecule has 2 aromatic carbocycles. The van der Waals surface area contributed by atoms with E-state index in [0.29, 0.717) is 0 Å². The summed E-state index contributed by atoms with van der Waals surface area (Å²) in [5.41, 5.74) is 6.14. The number of aryl methyl sites for hydroxylation is 2. The van der Waals surface area contributed by atoms with Crippen LogP contribution in [0.5, 0.6) is 0 Å². The van der Waals surface area contributed by atoms with Crippen molar-refractivity contribution in [2.75, 3.05) is 0 Å². The largest absolute Gasteiger partial charge is 0.256 e. The number of fused-ring (bicyclic) bond motifs is 1. The molecule has 3 rings (SSSR count). The third kappa shape index (κ3) is 1.78. The van der Waals surface area contributed by atoms with Gasteiger partial charge in [-0.25, -0.2) is 0 Å². The molecular weight excluding hydrogens is 218 g/mol. The highest BCUT2D eigenvalue weighted by Gasteiger charge is 2.07. The van der Waals surface area contributed by atoms with E-state index in [-0.39, 0.29) is 0 Å². The molecule has 1 nitrogen and oxygen atoms in total. The lowest BCUT2D eigenvalue weighted by molar-refractivity contribution is 1.35. The summed E-state index contributed by atoms with van der Waals surface area (Å²) in [5, 5.41) is 1.26. The molecule has 1 heterocycles. The second-order valence-corrected chi connectivity index (χ2v) is 4.70. The van der Waals surface area contributed by atoms with Crippen LogP contribution in [0, 0.1) is 13.8 Å². The molecule has 1 aromatic heterocycles. The van der Waals surface area contributed by atoms with Crippen LogP contribution in [0.15, 0.2) is 54.7 Å². The third-order valence-corrected chi connectivity index (χ3v) is 3.27. The van der Waals surface area contributed by atoms with E-state index in [1.54, 1.807) is 0 Å². The van der Waals surface area contributed by atoms with Crippen molar-refractivity contribution in [1.82, 2.24) is 4.98 Å². The van der Waals surface area contributed by atoms with Crippen molar-refractivity contribution >= 4 is 10.9 Å². The van der Waals surface area contributed by atoms with Crippen LogP contribution in [0.25, 0.3) is 22.0 Å². The molecule has 0 aliphatic rings. The smallest absolute Gasteiger partial charge is 0.0713 e. The first-order valence-corrected chi connectivity index (χ1v) is 6.17. The molecule has 0 spiro atoms. The zero-order chi connectivity index (χ0) is 12.5. The molecule has 0 saturated heterocycles. The van der Waals surface area contributed by atoms with Gasteiger partial charge in [0.25, 0.3) is 0 Å². The van der Waals surface area contributed by atoms with Crippen LogP contribution in [0.1, 0.15) is 11.1 Å². The predicted octanol–water partition coefficient (Wildman–Crippen LogP) is 4.52. The minimum atomic E-state index is 1.08. The quantitative estimate of drug-likeness (QED) is 0.602. The second kappa shape index (κ2) is 4.26. The fourth-order valence-corrected chi connectivity index (χ4v) is 2.53. The van der Waals surface area contributed by atoms with E-state index < -0.39 is 0 Å². The topological polar surface area (TPSA) is 12.9 Å².